The highest BCUT2D eigenvalue weighted by Crippen LogP contribution is 2.06. The topological polar surface area (TPSA) is 24.9 Å². The second kappa shape index (κ2) is 6.04. The summed E-state index contributed by atoms with van der Waals surface area (Å²) >= 11 is 0. The smallest absolute Gasteiger partial charge is 0.0400 e. The molecule has 0 spiro atoms. The van der Waals surface area contributed by atoms with Crippen LogP contribution in [-0.4, -0.2) is 4.98 Å². The van der Waals surface area contributed by atoms with Gasteiger partial charge in [-0.15, -0.1) is 12.4 Å². The molecule has 1 heterocycles. The van der Waals surface area contributed by atoms with Gasteiger partial charge >= 0.3 is 0 Å². The van der Waals surface area contributed by atoms with Gasteiger partial charge in [0.05, 0.1) is 0 Å². The quantitative estimate of drug-likeness (QED) is 0.860. The summed E-state index contributed by atoms with van der Waals surface area (Å²) in [6, 6.07) is 14.2. The number of pyridine rings is 1. The number of anilines is 1. The second-order valence-corrected chi connectivity index (χ2v) is 3.08. The molecule has 0 aliphatic heterocycles. The van der Waals surface area contributed by atoms with Gasteiger partial charge in [0.25, 0.3) is 0 Å². The lowest BCUT2D eigenvalue weighted by atomic mass is 10.2. The molecule has 1 N–H and O–H groups in total. The monoisotopic (exact) mass is 220 g/mol. The van der Waals surface area contributed by atoms with E-state index < -0.39 is 0 Å². The first-order valence-electron chi connectivity index (χ1n) is 4.63. The Morgan fingerprint density at radius 3 is 2.27 bits per heavy atom. The van der Waals surface area contributed by atoms with E-state index in [1.165, 1.54) is 5.56 Å². The van der Waals surface area contributed by atoms with Gasteiger partial charge in [0, 0.05) is 24.6 Å². The number of rotatable bonds is 3. The van der Waals surface area contributed by atoms with Crippen LogP contribution in [0.5, 0.6) is 0 Å². The lowest BCUT2D eigenvalue weighted by molar-refractivity contribution is 1.14. The van der Waals surface area contributed by atoms with E-state index in [1.54, 1.807) is 12.4 Å². The SMILES string of the molecule is Cl.c1ccc(CNc2ccncc2)cc1. The van der Waals surface area contributed by atoms with Crippen LogP contribution in [0.3, 0.4) is 0 Å². The number of aromatic nitrogens is 1. The first-order chi connectivity index (χ1) is 6.95. The Hall–Kier alpha value is -1.54. The molecule has 15 heavy (non-hydrogen) atoms. The summed E-state index contributed by atoms with van der Waals surface area (Å²) in [4.78, 5) is 3.96. The Morgan fingerprint density at radius 1 is 0.933 bits per heavy atom. The van der Waals surface area contributed by atoms with Crippen molar-refractivity contribution in [3.8, 4) is 0 Å². The van der Waals surface area contributed by atoms with Crippen molar-refractivity contribution in [3.05, 3.63) is 60.4 Å². The van der Waals surface area contributed by atoms with Crippen molar-refractivity contribution in [2.24, 2.45) is 0 Å². The molecule has 2 rings (SSSR count). The second-order valence-electron chi connectivity index (χ2n) is 3.08. The first kappa shape index (κ1) is 11.5. The fourth-order valence-corrected chi connectivity index (χ4v) is 1.27. The minimum absolute atomic E-state index is 0. The molecule has 78 valence electrons. The van der Waals surface area contributed by atoms with E-state index in [4.69, 9.17) is 0 Å². The van der Waals surface area contributed by atoms with Crippen LogP contribution in [0.1, 0.15) is 5.56 Å². The molecule has 0 aliphatic rings. The predicted octanol–water partition coefficient (Wildman–Crippen LogP) is 3.12. The van der Waals surface area contributed by atoms with E-state index in [1.807, 2.05) is 30.3 Å². The zero-order valence-electron chi connectivity index (χ0n) is 8.26. The van der Waals surface area contributed by atoms with Crippen LogP contribution < -0.4 is 5.32 Å². The van der Waals surface area contributed by atoms with E-state index in [9.17, 15) is 0 Å². The van der Waals surface area contributed by atoms with E-state index in [0.29, 0.717) is 0 Å². The van der Waals surface area contributed by atoms with Crippen LogP contribution >= 0.6 is 12.4 Å². The number of benzene rings is 1. The van der Waals surface area contributed by atoms with Gasteiger partial charge in [-0.2, -0.15) is 0 Å². The van der Waals surface area contributed by atoms with E-state index in [0.717, 1.165) is 12.2 Å². The largest absolute Gasteiger partial charge is 0.381 e. The molecule has 0 amide bonds. The van der Waals surface area contributed by atoms with Gasteiger partial charge in [0.2, 0.25) is 0 Å². The van der Waals surface area contributed by atoms with Gasteiger partial charge in [-0.25, -0.2) is 0 Å². The molecule has 2 nitrogen and oxygen atoms in total. The molecule has 3 heteroatoms. The maximum Gasteiger partial charge on any atom is 0.0400 e. The summed E-state index contributed by atoms with van der Waals surface area (Å²) in [7, 11) is 0. The molecule has 1 aromatic carbocycles. The van der Waals surface area contributed by atoms with E-state index >= 15 is 0 Å². The van der Waals surface area contributed by atoms with E-state index in [-0.39, 0.29) is 12.4 Å². The van der Waals surface area contributed by atoms with Crippen LogP contribution in [0.2, 0.25) is 0 Å². The summed E-state index contributed by atoms with van der Waals surface area (Å²) in [5.74, 6) is 0. The van der Waals surface area contributed by atoms with E-state index in [2.05, 4.69) is 22.4 Å². The molecular weight excluding hydrogens is 208 g/mol. The Kier molecular flexibility index (Phi) is 4.64. The molecule has 0 fully saturated rings. The molecule has 0 unspecified atom stereocenters. The van der Waals surface area contributed by atoms with Crippen LogP contribution in [0.4, 0.5) is 5.69 Å². The fraction of sp³-hybridized carbons (Fsp3) is 0.0833. The number of nitrogens with one attached hydrogen (secondary N) is 1. The van der Waals surface area contributed by atoms with Crippen LogP contribution in [0, 0.1) is 0 Å². The van der Waals surface area contributed by atoms with Gasteiger partial charge in [-0.3, -0.25) is 4.98 Å². The Balaban J connectivity index is 0.00000112. The zero-order valence-corrected chi connectivity index (χ0v) is 9.08. The van der Waals surface area contributed by atoms with Crippen LogP contribution in [-0.2, 0) is 6.54 Å². The van der Waals surface area contributed by atoms with Gasteiger partial charge in [0.1, 0.15) is 0 Å². The maximum absolute atomic E-state index is 3.96. The summed E-state index contributed by atoms with van der Waals surface area (Å²) in [6.07, 6.45) is 3.57. The van der Waals surface area contributed by atoms with Gasteiger partial charge in [-0.05, 0) is 17.7 Å². The first-order valence-corrected chi connectivity index (χ1v) is 4.63. The fourth-order valence-electron chi connectivity index (χ4n) is 1.27. The molecule has 2 aromatic rings. The normalized spacial score (nSPS) is 9.07. The standard InChI is InChI=1S/C12H12N2.ClH/c1-2-4-11(5-3-1)10-14-12-6-8-13-9-7-12;/h1-9H,10H2,(H,13,14);1H. The van der Waals surface area contributed by atoms with Crippen LogP contribution in [0.15, 0.2) is 54.9 Å². The Bertz CT molecular complexity index is 336. The predicted molar refractivity (Wildman–Crippen MR) is 65.3 cm³/mol. The molecule has 0 bridgehead atoms. The summed E-state index contributed by atoms with van der Waals surface area (Å²) in [5, 5.41) is 3.32. The molecule has 1 aromatic heterocycles. The highest BCUT2D eigenvalue weighted by molar-refractivity contribution is 5.85. The van der Waals surface area contributed by atoms with Crippen molar-refractivity contribution in [2.45, 2.75) is 6.54 Å². The van der Waals surface area contributed by atoms with Crippen molar-refractivity contribution in [1.29, 1.82) is 0 Å². The highest BCUT2D eigenvalue weighted by Gasteiger charge is 1.91. The summed E-state index contributed by atoms with van der Waals surface area (Å²) in [5.41, 5.74) is 2.38. The van der Waals surface area contributed by atoms with Crippen LogP contribution in [0.25, 0.3) is 0 Å². The van der Waals surface area contributed by atoms with Crippen molar-refractivity contribution in [3.63, 3.8) is 0 Å². The maximum atomic E-state index is 3.96. The molecule has 0 radical (unpaired) electrons. The molecule has 0 aliphatic carbocycles. The number of nitrogens with zero attached hydrogens (tertiary/aromatic N) is 1. The number of halogens is 1. The molecule has 0 saturated carbocycles. The summed E-state index contributed by atoms with van der Waals surface area (Å²) in [6.45, 7) is 0.852. The Morgan fingerprint density at radius 2 is 1.60 bits per heavy atom. The van der Waals surface area contributed by atoms with Gasteiger partial charge < -0.3 is 5.32 Å². The molecular formula is C12H13ClN2. The average Bonchev–Trinajstić information content (AvgIpc) is 2.29. The third-order valence-corrected chi connectivity index (χ3v) is 2.02. The summed E-state index contributed by atoms with van der Waals surface area (Å²) < 4.78 is 0. The third-order valence-electron chi connectivity index (χ3n) is 2.02. The highest BCUT2D eigenvalue weighted by atomic mass is 35.5. The van der Waals surface area contributed by atoms with Crippen molar-refractivity contribution in [2.75, 3.05) is 5.32 Å². The third kappa shape index (κ3) is 3.60. The Labute approximate surface area is 95.8 Å². The molecule has 0 saturated heterocycles. The number of hydrogen-bond acceptors (Lipinski definition) is 2. The minimum atomic E-state index is 0. The zero-order chi connectivity index (χ0) is 9.64. The number of hydrogen-bond donors (Lipinski definition) is 1. The average molecular weight is 221 g/mol. The van der Waals surface area contributed by atoms with Gasteiger partial charge in [-0.1, -0.05) is 30.3 Å². The van der Waals surface area contributed by atoms with Crippen molar-refractivity contribution in [1.82, 2.24) is 4.98 Å². The molecule has 0 atom stereocenters. The van der Waals surface area contributed by atoms with Crippen molar-refractivity contribution >= 4 is 18.1 Å². The van der Waals surface area contributed by atoms with Crippen molar-refractivity contribution < 1.29 is 0 Å². The lowest BCUT2D eigenvalue weighted by Crippen LogP contribution is -1.98. The minimum Gasteiger partial charge on any atom is -0.381 e. The lowest BCUT2D eigenvalue weighted by Gasteiger charge is -2.05. The van der Waals surface area contributed by atoms with Gasteiger partial charge in [0.15, 0.2) is 0 Å².